The van der Waals surface area contributed by atoms with Gasteiger partial charge in [-0.2, -0.15) is 0 Å². The van der Waals surface area contributed by atoms with Crippen LogP contribution < -0.4 is 40.4 Å². The maximum absolute atomic E-state index is 12.3. The Kier molecular flexibility index (Phi) is 4.41. The van der Waals surface area contributed by atoms with Gasteiger partial charge in [0.2, 0.25) is 11.8 Å². The van der Waals surface area contributed by atoms with Crippen molar-refractivity contribution < 1.29 is 57.5 Å². The predicted molar refractivity (Wildman–Crippen MR) is 59.7 cm³/mol. The number of carboxylic acids is 1. The number of nitrogens with zero attached hydrogens (tertiary/aromatic N) is 1. The van der Waals surface area contributed by atoms with Crippen molar-refractivity contribution >= 4 is 27.6 Å². The number of aliphatic carboxylic acids is 1. The van der Waals surface area contributed by atoms with Gasteiger partial charge < -0.3 is 20.5 Å². The molecule has 2 aliphatic rings. The molecule has 0 aliphatic carbocycles. The molecule has 2 N–H and O–H groups in total. The van der Waals surface area contributed by atoms with Crippen LogP contribution in [0.5, 0.6) is 0 Å². The molecule has 2 aliphatic heterocycles. The van der Waals surface area contributed by atoms with Gasteiger partial charge >= 0.3 is 29.6 Å². The van der Waals surface area contributed by atoms with Gasteiger partial charge in [-0.3, -0.25) is 9.59 Å². The third-order valence-corrected chi connectivity index (χ3v) is 6.24. The van der Waals surface area contributed by atoms with E-state index in [-0.39, 0.29) is 36.0 Å². The van der Waals surface area contributed by atoms with Gasteiger partial charge in [0.25, 0.3) is 0 Å². The van der Waals surface area contributed by atoms with E-state index in [9.17, 15) is 27.9 Å². The first-order valence-corrected chi connectivity index (χ1v) is 6.91. The first-order chi connectivity index (χ1) is 8.63. The molecule has 0 aromatic carbocycles. The van der Waals surface area contributed by atoms with Gasteiger partial charge in [-0.05, 0) is 6.92 Å². The number of carbonyl (C=O) groups excluding carboxylic acids is 3. The largest absolute Gasteiger partial charge is 1.00 e. The summed E-state index contributed by atoms with van der Waals surface area (Å²) < 4.78 is 22.6. The Morgan fingerprint density at radius 1 is 1.50 bits per heavy atom. The summed E-state index contributed by atoms with van der Waals surface area (Å²) in [6.07, 6.45) is 1.44. The minimum Gasteiger partial charge on any atom is -0.548 e. The Hall–Kier alpha value is -0.900. The van der Waals surface area contributed by atoms with E-state index in [1.807, 2.05) is 0 Å². The van der Waals surface area contributed by atoms with Crippen LogP contribution >= 0.6 is 0 Å². The van der Waals surface area contributed by atoms with Crippen molar-refractivity contribution in [3.63, 3.8) is 0 Å². The third kappa shape index (κ3) is 2.09. The van der Waals surface area contributed by atoms with Gasteiger partial charge in [-0.1, -0.05) is 6.08 Å². The van der Waals surface area contributed by atoms with Crippen molar-refractivity contribution in [3.8, 4) is 0 Å². The number of carboxylic acid groups (broad SMARTS) is 1. The van der Waals surface area contributed by atoms with Crippen LogP contribution in [0.15, 0.2) is 12.2 Å². The van der Waals surface area contributed by atoms with Crippen LogP contribution in [0, 0.1) is 0 Å². The minimum atomic E-state index is -3.96. The number of hydrogen-bond acceptors (Lipinski definition) is 6. The van der Waals surface area contributed by atoms with Crippen LogP contribution in [0.4, 0.5) is 0 Å². The van der Waals surface area contributed by atoms with E-state index < -0.39 is 43.8 Å². The molecule has 104 valence electrons. The molecule has 0 aromatic rings. The fourth-order valence-electron chi connectivity index (χ4n) is 2.48. The third-order valence-electron chi connectivity index (χ3n) is 3.54. The van der Waals surface area contributed by atoms with Crippen LogP contribution in [0.2, 0.25) is 0 Å². The monoisotopic (exact) mass is 310 g/mol. The summed E-state index contributed by atoms with van der Waals surface area (Å²) in [5.74, 6) is -3.16. The molecule has 2 amide bonds. The number of nitrogens with two attached hydrogens (primary N) is 1. The number of β-lactam (4-membered cyclic amide) rings is 1. The molecule has 2 rings (SSSR count). The van der Waals surface area contributed by atoms with Gasteiger partial charge in [0.05, 0.1) is 18.4 Å². The predicted octanol–water partition coefficient (Wildman–Crippen LogP) is -6.10. The normalized spacial score (nSPS) is 34.2. The molecule has 0 saturated carbocycles. The zero-order valence-corrected chi connectivity index (χ0v) is 13.7. The van der Waals surface area contributed by atoms with E-state index in [1.165, 1.54) is 0 Å². The van der Waals surface area contributed by atoms with E-state index >= 15 is 0 Å². The zero-order valence-electron chi connectivity index (χ0n) is 10.9. The summed E-state index contributed by atoms with van der Waals surface area (Å²) in [5.41, 5.74) is 4.89. The van der Waals surface area contributed by atoms with Crippen molar-refractivity contribution in [2.75, 3.05) is 0 Å². The quantitative estimate of drug-likeness (QED) is 0.313. The van der Waals surface area contributed by atoms with Gasteiger partial charge in [0, 0.05) is 6.08 Å². The van der Waals surface area contributed by atoms with E-state index in [0.29, 0.717) is 0 Å². The van der Waals surface area contributed by atoms with E-state index in [2.05, 4.69) is 0 Å². The summed E-state index contributed by atoms with van der Waals surface area (Å²) in [5, 5.41) is 9.99. The Labute approximate surface area is 137 Å². The number of amides is 2. The molecule has 2 heterocycles. The number of carbonyl (C=O) groups is 3. The van der Waals surface area contributed by atoms with Gasteiger partial charge in [0.1, 0.15) is 10.1 Å². The molecule has 0 unspecified atom stereocenters. The second-order valence-electron chi connectivity index (χ2n) is 4.65. The van der Waals surface area contributed by atoms with Crippen molar-refractivity contribution in [2.45, 2.75) is 29.5 Å². The van der Waals surface area contributed by atoms with Crippen LogP contribution in [-0.2, 0) is 24.2 Å². The standard InChI is InChI=1S/C10H12N2O6S.Na/c1-10(3-2-5(11)13)8(9(15)16)12-6(14)4-7(12)19(10,17)18;/h2-3,7-8H,4H2,1H3,(H2,11,13)(H,15,16);/q;+1/p-1/b3-2-;/t7-,8+,10+;/m1./s1. The molecule has 0 radical (unpaired) electrons. The molecular formula is C10H11N2NaO6S. The molecule has 8 nitrogen and oxygen atoms in total. The topological polar surface area (TPSA) is 138 Å². The number of fused-ring (bicyclic) bond motifs is 1. The summed E-state index contributed by atoms with van der Waals surface area (Å²) in [4.78, 5) is 34.1. The molecule has 0 spiro atoms. The fraction of sp³-hybridized carbons (Fsp3) is 0.500. The average molecular weight is 310 g/mol. The fourth-order valence-corrected chi connectivity index (χ4v) is 4.74. The Morgan fingerprint density at radius 3 is 2.45 bits per heavy atom. The van der Waals surface area contributed by atoms with Crippen molar-refractivity contribution in [3.05, 3.63) is 12.2 Å². The maximum atomic E-state index is 12.3. The number of hydrogen-bond donors (Lipinski definition) is 1. The second-order valence-corrected chi connectivity index (χ2v) is 7.16. The first kappa shape index (κ1) is 17.2. The van der Waals surface area contributed by atoms with Crippen LogP contribution in [0.3, 0.4) is 0 Å². The Morgan fingerprint density at radius 2 is 2.05 bits per heavy atom. The molecule has 0 bridgehead atoms. The number of rotatable bonds is 3. The molecule has 20 heavy (non-hydrogen) atoms. The maximum Gasteiger partial charge on any atom is 1.00 e. The summed E-state index contributed by atoms with van der Waals surface area (Å²) in [7, 11) is -3.96. The molecular weight excluding hydrogens is 299 g/mol. The summed E-state index contributed by atoms with van der Waals surface area (Å²) in [6, 6.07) is -1.65. The molecule has 2 saturated heterocycles. The van der Waals surface area contributed by atoms with Crippen molar-refractivity contribution in [2.24, 2.45) is 5.73 Å². The zero-order chi connectivity index (χ0) is 14.6. The van der Waals surface area contributed by atoms with Crippen LogP contribution in [0.25, 0.3) is 0 Å². The SMILES string of the molecule is C[C@]1(/C=C\C(N)=O)[C@H](C(=O)[O-])N2C(=O)C[C@H]2S1(=O)=O.[Na+]. The average Bonchev–Trinajstić information content (AvgIpc) is 2.41. The molecule has 10 heteroatoms. The molecule has 3 atom stereocenters. The smallest absolute Gasteiger partial charge is 0.548 e. The van der Waals surface area contributed by atoms with Crippen LogP contribution in [-0.4, -0.2) is 47.3 Å². The van der Waals surface area contributed by atoms with Crippen molar-refractivity contribution in [1.82, 2.24) is 4.90 Å². The van der Waals surface area contributed by atoms with Gasteiger partial charge in [-0.25, -0.2) is 8.42 Å². The Balaban J connectivity index is 0.00000200. The first-order valence-electron chi connectivity index (χ1n) is 5.37. The van der Waals surface area contributed by atoms with Crippen molar-refractivity contribution in [1.29, 1.82) is 0 Å². The summed E-state index contributed by atoms with van der Waals surface area (Å²) >= 11 is 0. The number of sulfone groups is 1. The molecule has 2 fully saturated rings. The summed E-state index contributed by atoms with van der Waals surface area (Å²) in [6.45, 7) is 1.13. The van der Waals surface area contributed by atoms with Gasteiger partial charge in [0.15, 0.2) is 9.84 Å². The van der Waals surface area contributed by atoms with Gasteiger partial charge in [-0.15, -0.1) is 0 Å². The molecule has 0 aromatic heterocycles. The van der Waals surface area contributed by atoms with E-state index in [0.717, 1.165) is 24.0 Å². The second kappa shape index (κ2) is 5.14. The number of primary amides is 1. The van der Waals surface area contributed by atoms with E-state index in [4.69, 9.17) is 5.73 Å². The Bertz CT molecular complexity index is 615. The van der Waals surface area contributed by atoms with E-state index in [1.54, 1.807) is 0 Å². The van der Waals surface area contributed by atoms with Crippen LogP contribution in [0.1, 0.15) is 13.3 Å². The minimum absolute atomic E-state index is 0.